The van der Waals surface area contributed by atoms with Crippen molar-refractivity contribution < 1.29 is 22.7 Å². The first-order chi connectivity index (χ1) is 19.6. The van der Waals surface area contributed by atoms with E-state index in [9.17, 15) is 23.2 Å². The molecule has 1 unspecified atom stereocenters. The first-order valence-electron chi connectivity index (χ1n) is 14.2. The van der Waals surface area contributed by atoms with E-state index in [1.54, 1.807) is 48.5 Å². The van der Waals surface area contributed by atoms with Gasteiger partial charge in [0.15, 0.2) is 9.84 Å². The highest BCUT2D eigenvalue weighted by Gasteiger charge is 2.39. The summed E-state index contributed by atoms with van der Waals surface area (Å²) in [5.41, 5.74) is 3.94. The molecule has 6 nitrogen and oxygen atoms in total. The molecule has 6 rings (SSSR count). The predicted molar refractivity (Wildman–Crippen MR) is 155 cm³/mol. The Hall–Kier alpha value is -3.67. The Morgan fingerprint density at radius 2 is 1.83 bits per heavy atom. The first kappa shape index (κ1) is 27.5. The van der Waals surface area contributed by atoms with E-state index < -0.39 is 21.8 Å². The molecule has 0 aromatic heterocycles. The summed E-state index contributed by atoms with van der Waals surface area (Å²) in [5.74, 6) is 1.01. The molecule has 1 saturated carbocycles. The molecule has 3 atom stereocenters. The molecule has 0 radical (unpaired) electrons. The van der Waals surface area contributed by atoms with Crippen molar-refractivity contribution in [3.8, 4) is 17.6 Å². The topological polar surface area (TPSA) is 90.6 Å². The van der Waals surface area contributed by atoms with Crippen molar-refractivity contribution in [2.45, 2.75) is 50.2 Å². The zero-order chi connectivity index (χ0) is 28.9. The molecule has 2 aliphatic heterocycles. The average Bonchev–Trinajstić information content (AvgIpc) is 3.70. The largest absolute Gasteiger partial charge is 0.508 e. The molecule has 1 aliphatic carbocycles. The highest BCUT2D eigenvalue weighted by Crippen LogP contribution is 2.55. The van der Waals surface area contributed by atoms with Crippen LogP contribution in [-0.4, -0.2) is 43.3 Å². The maximum absolute atomic E-state index is 14.3. The molecule has 2 heterocycles. The number of phenolic OH excluding ortho intramolecular Hbond substituents is 1. The third-order valence-corrected chi connectivity index (χ3v) is 10.4. The number of likely N-dealkylation sites (tertiary alicyclic amines) is 1. The quantitative estimate of drug-likeness (QED) is 0.354. The SMILES string of the molecule is C[C@@H]1CCN([C@@H](C)CS(=O)(=O)c2ccc(C3Oc4ccc(O)cc4C(C4CC4)=C3c3ccc(F)c(C#N)c3)cc2)C1. The van der Waals surface area contributed by atoms with Crippen LogP contribution in [0.15, 0.2) is 65.6 Å². The van der Waals surface area contributed by atoms with Crippen molar-refractivity contribution in [1.82, 2.24) is 4.90 Å². The van der Waals surface area contributed by atoms with Gasteiger partial charge < -0.3 is 9.84 Å². The van der Waals surface area contributed by atoms with Crippen molar-refractivity contribution in [3.63, 3.8) is 0 Å². The van der Waals surface area contributed by atoms with Crippen LogP contribution in [0.2, 0.25) is 0 Å². The van der Waals surface area contributed by atoms with Crippen molar-refractivity contribution in [1.29, 1.82) is 5.26 Å². The van der Waals surface area contributed by atoms with E-state index in [0.29, 0.717) is 17.2 Å². The Labute approximate surface area is 240 Å². The van der Waals surface area contributed by atoms with Crippen molar-refractivity contribution in [3.05, 3.63) is 88.7 Å². The average molecular weight is 573 g/mol. The third-order valence-electron chi connectivity index (χ3n) is 8.52. The van der Waals surface area contributed by atoms with Gasteiger partial charge in [0.05, 0.1) is 16.2 Å². The summed E-state index contributed by atoms with van der Waals surface area (Å²) in [7, 11) is -3.51. The number of rotatable bonds is 7. The van der Waals surface area contributed by atoms with E-state index in [-0.39, 0.29) is 33.9 Å². The number of aromatic hydroxyl groups is 1. The minimum Gasteiger partial charge on any atom is -0.508 e. The molecule has 41 heavy (non-hydrogen) atoms. The van der Waals surface area contributed by atoms with E-state index in [0.717, 1.165) is 54.6 Å². The molecule has 2 fully saturated rings. The van der Waals surface area contributed by atoms with E-state index in [1.165, 1.54) is 12.1 Å². The van der Waals surface area contributed by atoms with Crippen molar-refractivity contribution in [2.24, 2.45) is 11.8 Å². The van der Waals surface area contributed by atoms with Crippen molar-refractivity contribution in [2.75, 3.05) is 18.8 Å². The van der Waals surface area contributed by atoms with Crippen LogP contribution >= 0.6 is 0 Å². The number of halogens is 1. The zero-order valence-electron chi connectivity index (χ0n) is 23.2. The molecule has 1 saturated heterocycles. The summed E-state index contributed by atoms with van der Waals surface area (Å²) in [6.07, 6.45) is 2.42. The van der Waals surface area contributed by atoms with Crippen LogP contribution in [0.3, 0.4) is 0 Å². The van der Waals surface area contributed by atoms with Gasteiger partial charge in [-0.2, -0.15) is 5.26 Å². The Bertz CT molecular complexity index is 1670. The number of nitrogens with zero attached hydrogens (tertiary/aromatic N) is 2. The van der Waals surface area contributed by atoms with Crippen molar-refractivity contribution >= 4 is 21.0 Å². The number of ether oxygens (including phenoxy) is 1. The van der Waals surface area contributed by atoms with E-state index in [4.69, 9.17) is 4.74 Å². The van der Waals surface area contributed by atoms with Gasteiger partial charge >= 0.3 is 0 Å². The van der Waals surface area contributed by atoms with E-state index in [1.807, 2.05) is 13.0 Å². The highest BCUT2D eigenvalue weighted by molar-refractivity contribution is 7.91. The normalized spacial score (nSPS) is 21.7. The lowest BCUT2D eigenvalue weighted by molar-refractivity contribution is 0.259. The summed E-state index contributed by atoms with van der Waals surface area (Å²) < 4.78 is 47.5. The fourth-order valence-electron chi connectivity index (χ4n) is 6.17. The monoisotopic (exact) mass is 572 g/mol. The maximum atomic E-state index is 14.3. The summed E-state index contributed by atoms with van der Waals surface area (Å²) >= 11 is 0. The van der Waals surface area contributed by atoms with Crippen LogP contribution in [-0.2, 0) is 9.84 Å². The van der Waals surface area contributed by atoms with Crippen LogP contribution in [0, 0.1) is 29.0 Å². The minimum atomic E-state index is -3.51. The molecular weight excluding hydrogens is 539 g/mol. The number of sulfone groups is 1. The van der Waals surface area contributed by atoms with Crippen LogP contribution < -0.4 is 4.74 Å². The number of benzene rings is 3. The Morgan fingerprint density at radius 3 is 2.49 bits per heavy atom. The second-order valence-corrected chi connectivity index (χ2v) is 13.7. The van der Waals surface area contributed by atoms with Gasteiger partial charge in [-0.25, -0.2) is 12.8 Å². The van der Waals surface area contributed by atoms with Gasteiger partial charge in [0.2, 0.25) is 0 Å². The van der Waals surface area contributed by atoms with Gasteiger partial charge in [-0.3, -0.25) is 4.90 Å². The van der Waals surface area contributed by atoms with Crippen LogP contribution in [0.5, 0.6) is 11.5 Å². The van der Waals surface area contributed by atoms with Gasteiger partial charge in [0.1, 0.15) is 29.5 Å². The maximum Gasteiger partial charge on any atom is 0.179 e. The van der Waals surface area contributed by atoms with Crippen LogP contribution in [0.4, 0.5) is 4.39 Å². The summed E-state index contributed by atoms with van der Waals surface area (Å²) in [4.78, 5) is 2.51. The molecule has 212 valence electrons. The minimum absolute atomic E-state index is 0.0549. The Kier molecular flexibility index (Phi) is 7.13. The van der Waals surface area contributed by atoms with Crippen LogP contribution in [0.25, 0.3) is 11.1 Å². The first-order valence-corrected chi connectivity index (χ1v) is 15.8. The highest BCUT2D eigenvalue weighted by atomic mass is 32.2. The van der Waals surface area contributed by atoms with E-state index >= 15 is 0 Å². The summed E-state index contributed by atoms with van der Waals surface area (Å²) in [6, 6.07) is 18.2. The second-order valence-electron chi connectivity index (χ2n) is 11.7. The molecule has 1 N–H and O–H groups in total. The molecule has 0 spiro atoms. The number of hydrogen-bond donors (Lipinski definition) is 1. The number of hydrogen-bond acceptors (Lipinski definition) is 6. The third kappa shape index (κ3) is 5.37. The molecule has 8 heteroatoms. The summed E-state index contributed by atoms with van der Waals surface area (Å²) in [6.45, 7) is 6.01. The lowest BCUT2D eigenvalue weighted by atomic mass is 9.83. The lowest BCUT2D eigenvalue weighted by Crippen LogP contribution is -2.36. The predicted octanol–water partition coefficient (Wildman–Crippen LogP) is 6.36. The smallest absolute Gasteiger partial charge is 0.179 e. The molecule has 3 aromatic rings. The number of nitriles is 1. The van der Waals surface area contributed by atoms with Gasteiger partial charge in [0.25, 0.3) is 0 Å². The number of fused-ring (bicyclic) bond motifs is 1. The number of allylic oxidation sites excluding steroid dienone is 1. The molecule has 3 aliphatic rings. The summed E-state index contributed by atoms with van der Waals surface area (Å²) in [5, 5.41) is 19.8. The molecule has 3 aromatic carbocycles. The van der Waals surface area contributed by atoms with Crippen LogP contribution in [0.1, 0.15) is 61.5 Å². The fraction of sp³-hybridized carbons (Fsp3) is 0.364. The van der Waals surface area contributed by atoms with Gasteiger partial charge in [0, 0.05) is 23.7 Å². The molecular formula is C33H33FN2O4S. The fourth-order valence-corrected chi connectivity index (χ4v) is 7.76. The molecule has 0 amide bonds. The second kappa shape index (κ2) is 10.6. The van der Waals surface area contributed by atoms with Gasteiger partial charge in [-0.1, -0.05) is 25.1 Å². The lowest BCUT2D eigenvalue weighted by Gasteiger charge is -2.32. The van der Waals surface area contributed by atoms with E-state index in [2.05, 4.69) is 11.8 Å². The Balaban J connectivity index is 1.39. The standard InChI is InChI=1S/C33H33FN2O4S/c1-20-13-14-36(18-20)21(2)19-41(38,39)27-9-5-23(6-10-27)33-32(24-7-11-29(34)25(15-24)17-35)31(22-3-4-22)28-16-26(37)8-12-30(28)40-33/h5-12,15-16,20-22,33,37H,3-4,13-14,18-19H2,1-2H3/t20-,21+,33?/m1/s1. The Morgan fingerprint density at radius 1 is 1.07 bits per heavy atom. The zero-order valence-corrected chi connectivity index (χ0v) is 24.0. The number of phenols is 1. The van der Waals surface area contributed by atoms with Gasteiger partial charge in [-0.15, -0.1) is 0 Å². The van der Waals surface area contributed by atoms with Gasteiger partial charge in [-0.05, 0) is 104 Å². The molecule has 0 bridgehead atoms.